The van der Waals surface area contributed by atoms with Crippen molar-refractivity contribution in [3.8, 4) is 0 Å². The van der Waals surface area contributed by atoms with Crippen LogP contribution in [0.2, 0.25) is 0 Å². The first-order valence-electron chi connectivity index (χ1n) is 7.79. The Hall–Kier alpha value is -1.06. The first-order valence-corrected chi connectivity index (χ1v) is 7.79. The smallest absolute Gasteiger partial charge is 0.0406 e. The minimum absolute atomic E-state index is 0.730. The zero-order chi connectivity index (χ0) is 14.5. The molecule has 0 bridgehead atoms. The number of benzene rings is 1. The second-order valence-electron chi connectivity index (χ2n) is 6.10. The number of hydrogen-bond donors (Lipinski definition) is 0. The van der Waals surface area contributed by atoms with Gasteiger partial charge in [0, 0.05) is 32.4 Å². The van der Waals surface area contributed by atoms with Crippen LogP contribution >= 0.6 is 0 Å². The molecule has 1 aromatic rings. The maximum atomic E-state index is 2.55. The van der Waals surface area contributed by atoms with E-state index >= 15 is 0 Å². The molecule has 0 atom stereocenters. The van der Waals surface area contributed by atoms with Crippen LogP contribution in [0.25, 0.3) is 0 Å². The topological polar surface area (TPSA) is 9.72 Å². The Labute approximate surface area is 124 Å². The van der Waals surface area contributed by atoms with E-state index in [2.05, 4.69) is 67.0 Å². The summed E-state index contributed by atoms with van der Waals surface area (Å²) >= 11 is 0. The average Bonchev–Trinajstić information content (AvgIpc) is 2.47. The number of anilines is 1. The van der Waals surface area contributed by atoms with Crippen LogP contribution < -0.4 is 4.90 Å². The standard InChI is InChI=1S/C17H29N3/c1-5-20-12-10-16(11-13-20)19(4)14-15-8-6-7-9-17(15)18(2)3/h6-9,16H,5,10-14H2,1-4H3. The lowest BCUT2D eigenvalue weighted by Crippen LogP contribution is -2.43. The molecule has 1 heterocycles. The van der Waals surface area contributed by atoms with Gasteiger partial charge in [0.2, 0.25) is 0 Å². The summed E-state index contributed by atoms with van der Waals surface area (Å²) < 4.78 is 0. The molecule has 2 rings (SSSR count). The summed E-state index contributed by atoms with van der Waals surface area (Å²) in [4.78, 5) is 7.30. The van der Waals surface area contributed by atoms with E-state index in [0.717, 1.165) is 12.6 Å². The molecule has 0 saturated carbocycles. The minimum atomic E-state index is 0.730. The summed E-state index contributed by atoms with van der Waals surface area (Å²) in [5.41, 5.74) is 2.77. The Morgan fingerprint density at radius 2 is 1.75 bits per heavy atom. The lowest BCUT2D eigenvalue weighted by molar-refractivity contribution is 0.127. The molecule has 1 aliphatic rings. The first kappa shape index (κ1) is 15.3. The molecule has 0 unspecified atom stereocenters. The zero-order valence-electron chi connectivity index (χ0n) is 13.5. The fraction of sp³-hybridized carbons (Fsp3) is 0.647. The van der Waals surface area contributed by atoms with Gasteiger partial charge in [-0.05, 0) is 51.2 Å². The summed E-state index contributed by atoms with van der Waals surface area (Å²) in [5, 5.41) is 0. The second kappa shape index (κ2) is 7.09. The van der Waals surface area contributed by atoms with E-state index in [1.54, 1.807) is 0 Å². The molecule has 0 radical (unpaired) electrons. The molecule has 0 N–H and O–H groups in total. The van der Waals surface area contributed by atoms with E-state index in [0.29, 0.717) is 0 Å². The van der Waals surface area contributed by atoms with Gasteiger partial charge in [-0.1, -0.05) is 25.1 Å². The highest BCUT2D eigenvalue weighted by molar-refractivity contribution is 5.52. The predicted octanol–water partition coefficient (Wildman–Crippen LogP) is 2.67. The molecular weight excluding hydrogens is 246 g/mol. The van der Waals surface area contributed by atoms with Crippen molar-refractivity contribution in [2.45, 2.75) is 32.4 Å². The number of hydrogen-bond acceptors (Lipinski definition) is 3. The van der Waals surface area contributed by atoms with Crippen molar-refractivity contribution in [3.63, 3.8) is 0 Å². The molecule has 0 aromatic heterocycles. The average molecular weight is 275 g/mol. The molecule has 1 aromatic carbocycles. The normalized spacial score (nSPS) is 17.6. The summed E-state index contributed by atoms with van der Waals surface area (Å²) in [5.74, 6) is 0. The van der Waals surface area contributed by atoms with E-state index < -0.39 is 0 Å². The SMILES string of the molecule is CCN1CCC(N(C)Cc2ccccc2N(C)C)CC1. The van der Waals surface area contributed by atoms with Gasteiger partial charge in [0.05, 0.1) is 0 Å². The van der Waals surface area contributed by atoms with Gasteiger partial charge >= 0.3 is 0 Å². The van der Waals surface area contributed by atoms with Gasteiger partial charge in [0.25, 0.3) is 0 Å². The van der Waals surface area contributed by atoms with Gasteiger partial charge in [-0.3, -0.25) is 4.90 Å². The Bertz CT molecular complexity index is 408. The van der Waals surface area contributed by atoms with E-state index in [4.69, 9.17) is 0 Å². The van der Waals surface area contributed by atoms with Gasteiger partial charge in [-0.15, -0.1) is 0 Å². The molecule has 3 nitrogen and oxygen atoms in total. The van der Waals surface area contributed by atoms with Gasteiger partial charge in [-0.25, -0.2) is 0 Å². The van der Waals surface area contributed by atoms with Crippen LogP contribution in [0.3, 0.4) is 0 Å². The first-order chi connectivity index (χ1) is 9.61. The third-order valence-electron chi connectivity index (χ3n) is 4.52. The highest BCUT2D eigenvalue weighted by atomic mass is 15.2. The van der Waals surface area contributed by atoms with Crippen LogP contribution in [-0.2, 0) is 6.54 Å². The number of para-hydroxylation sites is 1. The summed E-state index contributed by atoms with van der Waals surface area (Å²) in [6.07, 6.45) is 2.60. The van der Waals surface area contributed by atoms with Crippen LogP contribution in [0, 0.1) is 0 Å². The summed E-state index contributed by atoms with van der Waals surface area (Å²) in [6, 6.07) is 9.47. The highest BCUT2D eigenvalue weighted by Gasteiger charge is 2.22. The van der Waals surface area contributed by atoms with Crippen molar-refractivity contribution in [1.82, 2.24) is 9.80 Å². The van der Waals surface area contributed by atoms with E-state index in [-0.39, 0.29) is 0 Å². The van der Waals surface area contributed by atoms with Crippen molar-refractivity contribution in [2.24, 2.45) is 0 Å². The Kier molecular flexibility index (Phi) is 5.44. The van der Waals surface area contributed by atoms with E-state index in [9.17, 15) is 0 Å². The maximum Gasteiger partial charge on any atom is 0.0406 e. The lowest BCUT2D eigenvalue weighted by atomic mass is 10.0. The molecule has 3 heteroatoms. The third kappa shape index (κ3) is 3.74. The maximum absolute atomic E-state index is 2.55. The van der Waals surface area contributed by atoms with Crippen LogP contribution in [0.4, 0.5) is 5.69 Å². The Balaban J connectivity index is 1.96. The molecule has 0 spiro atoms. The number of rotatable bonds is 5. The highest BCUT2D eigenvalue weighted by Crippen LogP contribution is 2.22. The van der Waals surface area contributed by atoms with Gasteiger partial charge in [-0.2, -0.15) is 0 Å². The molecule has 1 saturated heterocycles. The van der Waals surface area contributed by atoms with Gasteiger partial charge in [0.15, 0.2) is 0 Å². The second-order valence-corrected chi connectivity index (χ2v) is 6.10. The zero-order valence-corrected chi connectivity index (χ0v) is 13.5. The molecule has 20 heavy (non-hydrogen) atoms. The van der Waals surface area contributed by atoms with E-state index in [1.807, 2.05) is 0 Å². The molecule has 1 aliphatic heterocycles. The molecular formula is C17H29N3. The van der Waals surface area contributed by atoms with Crippen LogP contribution in [0.15, 0.2) is 24.3 Å². The fourth-order valence-corrected chi connectivity index (χ4v) is 3.15. The van der Waals surface area contributed by atoms with Gasteiger partial charge < -0.3 is 9.80 Å². The third-order valence-corrected chi connectivity index (χ3v) is 4.52. The molecule has 1 fully saturated rings. The quantitative estimate of drug-likeness (QED) is 0.818. The monoisotopic (exact) mass is 275 g/mol. The Morgan fingerprint density at radius 3 is 2.35 bits per heavy atom. The van der Waals surface area contributed by atoms with Crippen LogP contribution in [-0.4, -0.2) is 56.6 Å². The van der Waals surface area contributed by atoms with Crippen molar-refractivity contribution in [2.75, 3.05) is 45.7 Å². The Morgan fingerprint density at radius 1 is 1.10 bits per heavy atom. The predicted molar refractivity (Wildman–Crippen MR) is 87.4 cm³/mol. The van der Waals surface area contributed by atoms with Crippen molar-refractivity contribution in [3.05, 3.63) is 29.8 Å². The van der Waals surface area contributed by atoms with Crippen LogP contribution in [0.5, 0.6) is 0 Å². The number of likely N-dealkylation sites (tertiary alicyclic amines) is 1. The van der Waals surface area contributed by atoms with Crippen LogP contribution in [0.1, 0.15) is 25.3 Å². The van der Waals surface area contributed by atoms with Gasteiger partial charge in [0.1, 0.15) is 0 Å². The minimum Gasteiger partial charge on any atom is -0.377 e. The molecule has 112 valence electrons. The summed E-state index contributed by atoms with van der Waals surface area (Å²) in [6.45, 7) is 7.00. The molecule has 0 amide bonds. The van der Waals surface area contributed by atoms with Crippen molar-refractivity contribution < 1.29 is 0 Å². The van der Waals surface area contributed by atoms with Crippen molar-refractivity contribution >= 4 is 5.69 Å². The molecule has 0 aliphatic carbocycles. The number of nitrogens with zero attached hydrogens (tertiary/aromatic N) is 3. The fourth-order valence-electron chi connectivity index (χ4n) is 3.15. The largest absolute Gasteiger partial charge is 0.377 e. The van der Waals surface area contributed by atoms with E-state index in [1.165, 1.54) is 43.7 Å². The summed E-state index contributed by atoms with van der Waals surface area (Å²) in [7, 11) is 6.52. The lowest BCUT2D eigenvalue weighted by Gasteiger charge is -2.36. The van der Waals surface area contributed by atoms with Crippen molar-refractivity contribution in [1.29, 1.82) is 0 Å². The number of piperidine rings is 1.